The molecule has 22 heavy (non-hydrogen) atoms. The largest absolute Gasteiger partial charge is 0.444 e. The molecule has 2 aliphatic rings. The Hall–Kier alpha value is -1.30. The molecule has 126 valence electrons. The lowest BCUT2D eigenvalue weighted by atomic mass is 10.0. The fraction of sp³-hybridized carbons (Fsp3) is 0.875. The van der Waals surface area contributed by atoms with Crippen LogP contribution in [0.4, 0.5) is 4.79 Å². The summed E-state index contributed by atoms with van der Waals surface area (Å²) in [5.41, 5.74) is 5.30. The van der Waals surface area contributed by atoms with Crippen LogP contribution in [0.15, 0.2) is 0 Å². The molecule has 6 heteroatoms. The van der Waals surface area contributed by atoms with Gasteiger partial charge in [-0.2, -0.15) is 0 Å². The summed E-state index contributed by atoms with van der Waals surface area (Å²) in [7, 11) is 0. The lowest BCUT2D eigenvalue weighted by molar-refractivity contribution is -0.136. The van der Waals surface area contributed by atoms with Gasteiger partial charge in [-0.15, -0.1) is 0 Å². The number of hydrogen-bond donors (Lipinski definition) is 1. The summed E-state index contributed by atoms with van der Waals surface area (Å²) in [4.78, 5) is 28.1. The van der Waals surface area contributed by atoms with Crippen LogP contribution in [0.5, 0.6) is 0 Å². The van der Waals surface area contributed by atoms with Crippen LogP contribution in [-0.4, -0.2) is 58.6 Å². The van der Waals surface area contributed by atoms with Gasteiger partial charge < -0.3 is 20.3 Å². The Morgan fingerprint density at radius 3 is 2.05 bits per heavy atom. The Kier molecular flexibility index (Phi) is 5.00. The number of rotatable bonds is 3. The molecule has 1 aliphatic heterocycles. The maximum Gasteiger partial charge on any atom is 0.410 e. The van der Waals surface area contributed by atoms with Crippen molar-refractivity contribution < 1.29 is 14.3 Å². The van der Waals surface area contributed by atoms with E-state index in [1.165, 1.54) is 0 Å². The molecule has 1 saturated carbocycles. The number of hydrogen-bond acceptors (Lipinski definition) is 4. The van der Waals surface area contributed by atoms with Gasteiger partial charge in [-0.25, -0.2) is 4.79 Å². The molecule has 1 saturated heterocycles. The molecular formula is C16H29N3O3. The van der Waals surface area contributed by atoms with Crippen molar-refractivity contribution in [1.29, 1.82) is 0 Å². The van der Waals surface area contributed by atoms with E-state index in [1.807, 2.05) is 25.7 Å². The molecule has 2 amide bonds. The van der Waals surface area contributed by atoms with E-state index in [-0.39, 0.29) is 18.0 Å². The first kappa shape index (κ1) is 17.1. The Morgan fingerprint density at radius 1 is 1.14 bits per heavy atom. The maximum atomic E-state index is 12.3. The van der Waals surface area contributed by atoms with Gasteiger partial charge in [0.15, 0.2) is 0 Å². The van der Waals surface area contributed by atoms with Crippen molar-refractivity contribution in [3.05, 3.63) is 0 Å². The number of likely N-dealkylation sites (tertiary alicyclic amines) is 1. The van der Waals surface area contributed by atoms with Gasteiger partial charge in [0.05, 0.1) is 6.04 Å². The first-order valence-corrected chi connectivity index (χ1v) is 8.24. The third-order valence-electron chi connectivity index (χ3n) is 4.09. The zero-order valence-electron chi connectivity index (χ0n) is 14.2. The molecule has 0 aromatic carbocycles. The van der Waals surface area contributed by atoms with E-state index in [0.717, 1.165) is 25.7 Å². The summed E-state index contributed by atoms with van der Waals surface area (Å²) >= 11 is 0. The number of nitrogens with two attached hydrogens (primary N) is 1. The second-order valence-electron chi connectivity index (χ2n) is 7.46. The van der Waals surface area contributed by atoms with Gasteiger partial charge in [-0.3, -0.25) is 4.79 Å². The molecule has 2 fully saturated rings. The second-order valence-corrected chi connectivity index (χ2v) is 7.46. The molecule has 0 aromatic heterocycles. The highest BCUT2D eigenvalue weighted by Crippen LogP contribution is 2.32. The highest BCUT2D eigenvalue weighted by atomic mass is 16.6. The normalized spacial score (nSPS) is 21.4. The van der Waals surface area contributed by atoms with Crippen LogP contribution < -0.4 is 5.73 Å². The van der Waals surface area contributed by atoms with Crippen LogP contribution >= 0.6 is 0 Å². The van der Waals surface area contributed by atoms with Crippen LogP contribution in [-0.2, 0) is 9.53 Å². The van der Waals surface area contributed by atoms with Crippen molar-refractivity contribution in [3.63, 3.8) is 0 Å². The Balaban J connectivity index is 1.90. The molecule has 0 aromatic rings. The number of carbonyl (C=O) groups excluding carboxylic acids is 2. The molecule has 0 bridgehead atoms. The van der Waals surface area contributed by atoms with E-state index in [0.29, 0.717) is 19.1 Å². The number of nitrogens with zero attached hydrogens (tertiary/aromatic N) is 2. The van der Waals surface area contributed by atoms with Crippen molar-refractivity contribution >= 4 is 12.0 Å². The highest BCUT2D eigenvalue weighted by molar-refractivity contribution is 5.82. The highest BCUT2D eigenvalue weighted by Gasteiger charge is 2.40. The van der Waals surface area contributed by atoms with Gasteiger partial charge in [0.1, 0.15) is 5.60 Å². The molecule has 2 N–H and O–H groups in total. The molecule has 1 aliphatic carbocycles. The average Bonchev–Trinajstić information content (AvgIpc) is 3.22. The molecule has 6 nitrogen and oxygen atoms in total. The topological polar surface area (TPSA) is 75.9 Å². The van der Waals surface area contributed by atoms with E-state index < -0.39 is 11.6 Å². The zero-order valence-corrected chi connectivity index (χ0v) is 14.2. The van der Waals surface area contributed by atoms with Crippen LogP contribution in [0.3, 0.4) is 0 Å². The SMILES string of the molecule is CC(N)C(=O)N(C1CC1)C1CCN(C(=O)OC(C)(C)C)CC1. The van der Waals surface area contributed by atoms with E-state index in [2.05, 4.69) is 0 Å². The Labute approximate surface area is 132 Å². The Bertz CT molecular complexity index is 419. The number of amides is 2. The fourth-order valence-electron chi connectivity index (χ4n) is 2.90. The quantitative estimate of drug-likeness (QED) is 0.861. The van der Waals surface area contributed by atoms with Gasteiger partial charge >= 0.3 is 6.09 Å². The third-order valence-corrected chi connectivity index (χ3v) is 4.09. The number of ether oxygens (including phenoxy) is 1. The predicted octanol–water partition coefficient (Wildman–Crippen LogP) is 1.72. The molecular weight excluding hydrogens is 282 g/mol. The summed E-state index contributed by atoms with van der Waals surface area (Å²) in [5.74, 6) is 0.0400. The summed E-state index contributed by atoms with van der Waals surface area (Å²) in [6, 6.07) is 0.103. The van der Waals surface area contributed by atoms with Crippen LogP contribution in [0.1, 0.15) is 53.4 Å². The molecule has 1 heterocycles. The zero-order chi connectivity index (χ0) is 16.5. The molecule has 0 spiro atoms. The average molecular weight is 311 g/mol. The minimum Gasteiger partial charge on any atom is -0.444 e. The summed E-state index contributed by atoms with van der Waals surface area (Å²) < 4.78 is 5.40. The van der Waals surface area contributed by atoms with E-state index in [1.54, 1.807) is 11.8 Å². The van der Waals surface area contributed by atoms with Gasteiger partial charge in [-0.1, -0.05) is 0 Å². The van der Waals surface area contributed by atoms with Crippen molar-refractivity contribution in [3.8, 4) is 0 Å². The lowest BCUT2D eigenvalue weighted by Gasteiger charge is -2.39. The first-order valence-electron chi connectivity index (χ1n) is 8.24. The van der Waals surface area contributed by atoms with Crippen LogP contribution in [0, 0.1) is 0 Å². The van der Waals surface area contributed by atoms with Crippen LogP contribution in [0.2, 0.25) is 0 Å². The predicted molar refractivity (Wildman–Crippen MR) is 84.3 cm³/mol. The standard InChI is InChI=1S/C16H29N3O3/c1-11(17)14(20)19(12-5-6-12)13-7-9-18(10-8-13)15(21)22-16(2,3)4/h11-13H,5-10,17H2,1-4H3. The van der Waals surface area contributed by atoms with Gasteiger partial charge in [0, 0.05) is 25.2 Å². The van der Waals surface area contributed by atoms with E-state index in [9.17, 15) is 9.59 Å². The van der Waals surface area contributed by atoms with Crippen molar-refractivity contribution in [1.82, 2.24) is 9.80 Å². The Morgan fingerprint density at radius 2 is 1.64 bits per heavy atom. The molecule has 1 atom stereocenters. The summed E-state index contributed by atoms with van der Waals surface area (Å²) in [6.07, 6.45) is 3.49. The monoisotopic (exact) mass is 311 g/mol. The van der Waals surface area contributed by atoms with Gasteiger partial charge in [0.2, 0.25) is 5.91 Å². The van der Waals surface area contributed by atoms with E-state index in [4.69, 9.17) is 10.5 Å². The lowest BCUT2D eigenvalue weighted by Crippen LogP contribution is -2.53. The molecule has 1 unspecified atom stereocenters. The minimum atomic E-state index is -0.473. The smallest absolute Gasteiger partial charge is 0.410 e. The fourth-order valence-corrected chi connectivity index (χ4v) is 2.90. The minimum absolute atomic E-state index is 0.0400. The number of carbonyl (C=O) groups is 2. The van der Waals surface area contributed by atoms with Gasteiger partial charge in [0.25, 0.3) is 0 Å². The molecule has 0 radical (unpaired) electrons. The summed E-state index contributed by atoms with van der Waals surface area (Å²) in [5, 5.41) is 0. The number of piperidine rings is 1. The van der Waals surface area contributed by atoms with Crippen molar-refractivity contribution in [2.75, 3.05) is 13.1 Å². The second kappa shape index (κ2) is 6.44. The van der Waals surface area contributed by atoms with E-state index >= 15 is 0 Å². The van der Waals surface area contributed by atoms with Crippen molar-refractivity contribution in [2.24, 2.45) is 5.73 Å². The van der Waals surface area contributed by atoms with Crippen LogP contribution in [0.25, 0.3) is 0 Å². The molecule has 2 rings (SSSR count). The van der Waals surface area contributed by atoms with Crippen molar-refractivity contribution in [2.45, 2.75) is 77.1 Å². The maximum absolute atomic E-state index is 12.3. The first-order chi connectivity index (χ1) is 10.2. The van der Waals surface area contributed by atoms with Gasteiger partial charge in [-0.05, 0) is 53.4 Å². The third kappa shape index (κ3) is 4.35. The summed E-state index contributed by atoms with van der Waals surface area (Å²) in [6.45, 7) is 8.62.